The van der Waals surface area contributed by atoms with Crippen molar-refractivity contribution in [1.82, 2.24) is 4.31 Å². The number of carbonyl (C=O) groups excluding carboxylic acids is 1. The lowest BCUT2D eigenvalue weighted by atomic mass is 10.2. The van der Waals surface area contributed by atoms with Crippen molar-refractivity contribution in [1.29, 1.82) is 0 Å². The monoisotopic (exact) mass is 336 g/mol. The number of benzene rings is 1. The molecule has 2 rings (SSSR count). The first-order valence-corrected chi connectivity index (χ1v) is 7.95. The fraction of sp³-hybridized carbons (Fsp3) is 0.417. The lowest BCUT2D eigenvalue weighted by molar-refractivity contribution is -0.144. The molecule has 1 aliphatic heterocycles. The Morgan fingerprint density at radius 2 is 2.19 bits per heavy atom. The zero-order valence-electron chi connectivity index (χ0n) is 11.2. The molecule has 1 aliphatic rings. The highest BCUT2D eigenvalue weighted by molar-refractivity contribution is 7.89. The van der Waals surface area contributed by atoms with E-state index in [4.69, 9.17) is 17.3 Å². The van der Waals surface area contributed by atoms with Gasteiger partial charge in [0.25, 0.3) is 0 Å². The van der Waals surface area contributed by atoms with E-state index in [9.17, 15) is 17.6 Å². The van der Waals surface area contributed by atoms with Crippen LogP contribution >= 0.6 is 11.6 Å². The molecule has 0 bridgehead atoms. The van der Waals surface area contributed by atoms with Crippen LogP contribution in [0.25, 0.3) is 0 Å². The molecule has 1 fully saturated rings. The standard InChI is InChI=1S/C12H14ClFN2O4S/c1-20-12(17)9-3-2-4-16(9)21(18,19)10-6-7(13)5-8(15)11(10)14/h5-6,9H,2-4,15H2,1H3. The number of carbonyl (C=O) groups is 1. The molecule has 0 radical (unpaired) electrons. The summed E-state index contributed by atoms with van der Waals surface area (Å²) in [6.07, 6.45) is 0.806. The number of hydrogen-bond acceptors (Lipinski definition) is 5. The summed E-state index contributed by atoms with van der Waals surface area (Å²) in [7, 11) is -3.06. The van der Waals surface area contributed by atoms with Gasteiger partial charge in [-0.25, -0.2) is 12.8 Å². The number of rotatable bonds is 3. The average molecular weight is 337 g/mol. The van der Waals surface area contributed by atoms with E-state index in [2.05, 4.69) is 4.74 Å². The van der Waals surface area contributed by atoms with Crippen molar-refractivity contribution in [2.45, 2.75) is 23.8 Å². The Balaban J connectivity index is 2.50. The minimum absolute atomic E-state index is 0.00119. The number of sulfonamides is 1. The maximum Gasteiger partial charge on any atom is 0.324 e. The van der Waals surface area contributed by atoms with Crippen molar-refractivity contribution < 1.29 is 22.3 Å². The number of esters is 1. The van der Waals surface area contributed by atoms with E-state index >= 15 is 0 Å². The SMILES string of the molecule is COC(=O)C1CCCN1S(=O)(=O)c1cc(Cl)cc(N)c1F. The minimum Gasteiger partial charge on any atom is -0.468 e. The summed E-state index contributed by atoms with van der Waals surface area (Å²) in [6, 6.07) is 1.15. The second-order valence-corrected chi connectivity index (χ2v) is 6.90. The maximum absolute atomic E-state index is 14.0. The van der Waals surface area contributed by atoms with Crippen molar-refractivity contribution >= 4 is 33.3 Å². The van der Waals surface area contributed by atoms with Gasteiger partial charge in [-0.3, -0.25) is 4.79 Å². The molecule has 0 aromatic heterocycles. The zero-order chi connectivity index (χ0) is 15.8. The van der Waals surface area contributed by atoms with Gasteiger partial charge in [-0.1, -0.05) is 11.6 Å². The first-order chi connectivity index (χ1) is 9.78. The fourth-order valence-electron chi connectivity index (χ4n) is 2.30. The van der Waals surface area contributed by atoms with Crippen LogP contribution in [0.5, 0.6) is 0 Å². The van der Waals surface area contributed by atoms with Crippen molar-refractivity contribution in [3.8, 4) is 0 Å². The summed E-state index contributed by atoms with van der Waals surface area (Å²) in [5.41, 5.74) is 5.04. The van der Waals surface area contributed by atoms with E-state index in [1.54, 1.807) is 0 Å². The second kappa shape index (κ2) is 5.78. The summed E-state index contributed by atoms with van der Waals surface area (Å²) >= 11 is 5.74. The summed E-state index contributed by atoms with van der Waals surface area (Å²) in [6.45, 7) is 0.105. The number of halogens is 2. The first-order valence-electron chi connectivity index (χ1n) is 6.13. The van der Waals surface area contributed by atoms with Gasteiger partial charge in [0.05, 0.1) is 12.8 Å². The third-order valence-electron chi connectivity index (χ3n) is 3.30. The molecule has 0 spiro atoms. The normalized spacial score (nSPS) is 19.7. The van der Waals surface area contributed by atoms with Gasteiger partial charge in [-0.15, -0.1) is 0 Å². The zero-order valence-corrected chi connectivity index (χ0v) is 12.7. The molecule has 9 heteroatoms. The van der Waals surface area contributed by atoms with Gasteiger partial charge >= 0.3 is 5.97 Å². The molecule has 0 aliphatic carbocycles. The molecule has 1 aromatic rings. The van der Waals surface area contributed by atoms with E-state index in [1.165, 1.54) is 7.11 Å². The largest absolute Gasteiger partial charge is 0.468 e. The molecular formula is C12H14ClFN2O4S. The summed E-state index contributed by atoms with van der Waals surface area (Å²) in [5.74, 6) is -1.75. The predicted molar refractivity (Wildman–Crippen MR) is 74.8 cm³/mol. The van der Waals surface area contributed by atoms with Gasteiger partial charge in [0.2, 0.25) is 10.0 Å². The van der Waals surface area contributed by atoms with Crippen LogP contribution in [0, 0.1) is 5.82 Å². The van der Waals surface area contributed by atoms with E-state index in [0.29, 0.717) is 12.8 Å². The van der Waals surface area contributed by atoms with Gasteiger partial charge in [0.15, 0.2) is 5.82 Å². The topological polar surface area (TPSA) is 89.7 Å². The summed E-state index contributed by atoms with van der Waals surface area (Å²) in [5, 5.41) is 0.00119. The van der Waals surface area contributed by atoms with Crippen LogP contribution in [-0.4, -0.2) is 38.4 Å². The molecule has 1 aromatic carbocycles. The molecule has 1 saturated heterocycles. The Hall–Kier alpha value is -1.38. The summed E-state index contributed by atoms with van der Waals surface area (Å²) < 4.78 is 44.7. The van der Waals surface area contributed by atoms with Crippen LogP contribution < -0.4 is 5.73 Å². The quantitative estimate of drug-likeness (QED) is 0.665. The molecule has 116 valence electrons. The van der Waals surface area contributed by atoms with Gasteiger partial charge < -0.3 is 10.5 Å². The Bertz CT molecular complexity index is 680. The van der Waals surface area contributed by atoms with Crippen LogP contribution in [0.3, 0.4) is 0 Å². The average Bonchev–Trinajstić information content (AvgIpc) is 2.91. The highest BCUT2D eigenvalue weighted by atomic mass is 35.5. The number of hydrogen-bond donors (Lipinski definition) is 1. The molecule has 2 N–H and O–H groups in total. The van der Waals surface area contributed by atoms with Gasteiger partial charge in [0, 0.05) is 11.6 Å². The van der Waals surface area contributed by atoms with E-state index in [1.807, 2.05) is 0 Å². The number of nitrogens with zero attached hydrogens (tertiary/aromatic N) is 1. The Labute approximate surface area is 126 Å². The van der Waals surface area contributed by atoms with Gasteiger partial charge in [0.1, 0.15) is 10.9 Å². The van der Waals surface area contributed by atoms with E-state index in [0.717, 1.165) is 16.4 Å². The number of nitrogens with two attached hydrogens (primary N) is 1. The minimum atomic E-state index is -4.23. The highest BCUT2D eigenvalue weighted by Crippen LogP contribution is 2.31. The molecule has 21 heavy (non-hydrogen) atoms. The number of anilines is 1. The number of nitrogen functional groups attached to an aromatic ring is 1. The maximum atomic E-state index is 14.0. The number of methoxy groups -OCH3 is 1. The molecular weight excluding hydrogens is 323 g/mol. The van der Waals surface area contributed by atoms with Crippen LogP contribution in [0.2, 0.25) is 5.02 Å². The fourth-order valence-corrected chi connectivity index (χ4v) is 4.36. The predicted octanol–water partition coefficient (Wildman–Crippen LogP) is 1.39. The second-order valence-electron chi connectivity index (χ2n) is 4.60. The molecule has 6 nitrogen and oxygen atoms in total. The lowest BCUT2D eigenvalue weighted by Crippen LogP contribution is -2.41. The van der Waals surface area contributed by atoms with E-state index in [-0.39, 0.29) is 17.3 Å². The number of ether oxygens (including phenoxy) is 1. The first kappa shape index (κ1) is 16.0. The van der Waals surface area contributed by atoms with E-state index < -0.39 is 32.7 Å². The lowest BCUT2D eigenvalue weighted by Gasteiger charge is -2.22. The molecule has 0 amide bonds. The smallest absolute Gasteiger partial charge is 0.324 e. The Morgan fingerprint density at radius 1 is 1.52 bits per heavy atom. The Kier molecular flexibility index (Phi) is 4.40. The molecule has 1 unspecified atom stereocenters. The van der Waals surface area contributed by atoms with Crippen LogP contribution in [0.15, 0.2) is 17.0 Å². The van der Waals surface area contributed by atoms with Gasteiger partial charge in [-0.05, 0) is 25.0 Å². The van der Waals surface area contributed by atoms with Crippen molar-refractivity contribution in [3.63, 3.8) is 0 Å². The Morgan fingerprint density at radius 3 is 2.81 bits per heavy atom. The van der Waals surface area contributed by atoms with Crippen LogP contribution in [0.1, 0.15) is 12.8 Å². The van der Waals surface area contributed by atoms with Crippen molar-refractivity contribution in [2.24, 2.45) is 0 Å². The third-order valence-corrected chi connectivity index (χ3v) is 5.42. The molecule has 0 saturated carbocycles. The van der Waals surface area contributed by atoms with Crippen LogP contribution in [-0.2, 0) is 19.6 Å². The highest BCUT2D eigenvalue weighted by Gasteiger charge is 2.41. The van der Waals surface area contributed by atoms with Crippen LogP contribution in [0.4, 0.5) is 10.1 Å². The van der Waals surface area contributed by atoms with Gasteiger partial charge in [-0.2, -0.15) is 4.31 Å². The van der Waals surface area contributed by atoms with Crippen molar-refractivity contribution in [3.05, 3.63) is 23.0 Å². The molecule has 1 heterocycles. The third kappa shape index (κ3) is 2.83. The molecule has 1 atom stereocenters. The summed E-state index contributed by atoms with van der Waals surface area (Å²) in [4.78, 5) is 11.0. The van der Waals surface area contributed by atoms with Crippen molar-refractivity contribution in [2.75, 3.05) is 19.4 Å².